The van der Waals surface area contributed by atoms with Crippen LogP contribution in [0.2, 0.25) is 0 Å². The summed E-state index contributed by atoms with van der Waals surface area (Å²) in [6, 6.07) is 10.9. The quantitative estimate of drug-likeness (QED) is 0.823. The molecule has 0 bridgehead atoms. The highest BCUT2D eigenvalue weighted by atomic mass is 16.5. The van der Waals surface area contributed by atoms with E-state index in [0.717, 1.165) is 13.2 Å². The second-order valence-corrected chi connectivity index (χ2v) is 7.73. The van der Waals surface area contributed by atoms with Gasteiger partial charge in [0, 0.05) is 58.9 Å². The minimum absolute atomic E-state index is 0.291. The molecule has 3 saturated heterocycles. The van der Waals surface area contributed by atoms with E-state index in [0.29, 0.717) is 5.60 Å². The van der Waals surface area contributed by atoms with E-state index in [-0.39, 0.29) is 0 Å². The average Bonchev–Trinajstić information content (AvgIpc) is 2.61. The molecule has 132 valence electrons. The molecule has 4 nitrogen and oxygen atoms in total. The summed E-state index contributed by atoms with van der Waals surface area (Å²) in [5.74, 6) is 0. The molecule has 3 heterocycles. The van der Waals surface area contributed by atoms with E-state index in [9.17, 15) is 0 Å². The number of hydrogen-bond acceptors (Lipinski definition) is 4. The summed E-state index contributed by atoms with van der Waals surface area (Å²) < 4.78 is 5.82. The molecule has 0 N–H and O–H groups in total. The van der Waals surface area contributed by atoms with E-state index in [1.165, 1.54) is 77.2 Å². The Balaban J connectivity index is 1.13. The molecule has 0 aliphatic carbocycles. The lowest BCUT2D eigenvalue weighted by molar-refractivity contribution is -0.172. The van der Waals surface area contributed by atoms with Gasteiger partial charge in [-0.2, -0.15) is 0 Å². The molecule has 3 aliphatic heterocycles. The summed E-state index contributed by atoms with van der Waals surface area (Å²) in [6.07, 6.45) is 3.79. The normalized spacial score (nSPS) is 25.7. The zero-order valence-corrected chi connectivity index (χ0v) is 14.8. The maximum atomic E-state index is 5.82. The number of hydrogen-bond donors (Lipinski definition) is 0. The second kappa shape index (κ2) is 7.52. The first kappa shape index (κ1) is 16.5. The lowest BCUT2D eigenvalue weighted by Gasteiger charge is -2.48. The second-order valence-electron chi connectivity index (χ2n) is 7.73. The van der Waals surface area contributed by atoms with Crippen molar-refractivity contribution in [2.75, 3.05) is 59.0 Å². The van der Waals surface area contributed by atoms with Crippen molar-refractivity contribution in [2.45, 2.75) is 31.4 Å². The molecule has 0 radical (unpaired) electrons. The minimum Gasteiger partial charge on any atom is -0.375 e. The van der Waals surface area contributed by atoms with Gasteiger partial charge in [-0.1, -0.05) is 30.3 Å². The molecule has 4 heteroatoms. The summed E-state index contributed by atoms with van der Waals surface area (Å²) in [5.41, 5.74) is 1.73. The van der Waals surface area contributed by atoms with Crippen LogP contribution in [0, 0.1) is 0 Å². The van der Waals surface area contributed by atoms with Gasteiger partial charge < -0.3 is 9.64 Å². The fraction of sp³-hybridized carbons (Fsp3) is 0.700. The van der Waals surface area contributed by atoms with Crippen LogP contribution < -0.4 is 0 Å². The van der Waals surface area contributed by atoms with Crippen molar-refractivity contribution in [3.05, 3.63) is 35.9 Å². The highest BCUT2D eigenvalue weighted by molar-refractivity contribution is 5.14. The van der Waals surface area contributed by atoms with Gasteiger partial charge >= 0.3 is 0 Å². The molecule has 24 heavy (non-hydrogen) atoms. The molecule has 4 rings (SSSR count). The highest BCUT2D eigenvalue weighted by Gasteiger charge is 2.40. The fourth-order valence-electron chi connectivity index (χ4n) is 4.26. The van der Waals surface area contributed by atoms with Gasteiger partial charge in [-0.15, -0.1) is 0 Å². The average molecular weight is 329 g/mol. The molecule has 0 saturated carbocycles. The predicted molar refractivity (Wildman–Crippen MR) is 97.1 cm³/mol. The molecular weight excluding hydrogens is 298 g/mol. The van der Waals surface area contributed by atoms with Crippen LogP contribution in [0.5, 0.6) is 0 Å². The van der Waals surface area contributed by atoms with Crippen LogP contribution in [0.4, 0.5) is 0 Å². The van der Waals surface area contributed by atoms with Crippen molar-refractivity contribution >= 4 is 0 Å². The van der Waals surface area contributed by atoms with E-state index < -0.39 is 0 Å². The van der Waals surface area contributed by atoms with E-state index >= 15 is 0 Å². The smallest absolute Gasteiger partial charge is 0.0728 e. The van der Waals surface area contributed by atoms with Crippen LogP contribution in [-0.2, 0) is 11.3 Å². The van der Waals surface area contributed by atoms with Gasteiger partial charge in [0.15, 0.2) is 0 Å². The minimum atomic E-state index is 0.291. The summed E-state index contributed by atoms with van der Waals surface area (Å²) in [6.45, 7) is 11.8. The topological polar surface area (TPSA) is 19.0 Å². The SMILES string of the molecule is c1ccc(CN2CCN(CCN3CCC4(CCO4)CC3)CC2)cc1. The van der Waals surface area contributed by atoms with Crippen LogP contribution in [0.15, 0.2) is 30.3 Å². The number of piperazine rings is 1. The molecular formula is C20H31N3O. The Bertz CT molecular complexity index is 499. The third-order valence-corrected chi connectivity index (χ3v) is 6.18. The number of piperidine rings is 1. The number of likely N-dealkylation sites (tertiary alicyclic amines) is 1. The summed E-state index contributed by atoms with van der Waals surface area (Å²) >= 11 is 0. The van der Waals surface area contributed by atoms with Crippen LogP contribution >= 0.6 is 0 Å². The zero-order chi connectivity index (χ0) is 16.2. The van der Waals surface area contributed by atoms with Crippen molar-refractivity contribution in [1.82, 2.24) is 14.7 Å². The molecule has 1 spiro atoms. The third-order valence-electron chi connectivity index (χ3n) is 6.18. The Kier molecular flexibility index (Phi) is 5.18. The Morgan fingerprint density at radius 2 is 1.33 bits per heavy atom. The van der Waals surface area contributed by atoms with Gasteiger partial charge in [0.25, 0.3) is 0 Å². The van der Waals surface area contributed by atoms with Crippen LogP contribution in [0.1, 0.15) is 24.8 Å². The van der Waals surface area contributed by atoms with Crippen LogP contribution in [0.25, 0.3) is 0 Å². The van der Waals surface area contributed by atoms with Gasteiger partial charge in [0.05, 0.1) is 12.2 Å². The van der Waals surface area contributed by atoms with Crippen molar-refractivity contribution in [3.8, 4) is 0 Å². The first-order valence-electron chi connectivity index (χ1n) is 9.66. The Hall–Kier alpha value is -0.940. The molecule has 0 unspecified atom stereocenters. The summed E-state index contributed by atoms with van der Waals surface area (Å²) in [5, 5.41) is 0. The third kappa shape index (κ3) is 3.99. The molecule has 0 aromatic heterocycles. The van der Waals surface area contributed by atoms with E-state index in [1.54, 1.807) is 0 Å². The maximum Gasteiger partial charge on any atom is 0.0728 e. The van der Waals surface area contributed by atoms with Crippen molar-refractivity contribution in [3.63, 3.8) is 0 Å². The molecule has 3 aliphatic rings. The zero-order valence-electron chi connectivity index (χ0n) is 14.8. The highest BCUT2D eigenvalue weighted by Crippen LogP contribution is 2.36. The molecule has 1 aromatic rings. The van der Waals surface area contributed by atoms with Gasteiger partial charge in [-0.25, -0.2) is 0 Å². The molecule has 0 amide bonds. The van der Waals surface area contributed by atoms with Crippen LogP contribution in [0.3, 0.4) is 0 Å². The lowest BCUT2D eigenvalue weighted by atomic mass is 9.84. The Morgan fingerprint density at radius 3 is 1.92 bits per heavy atom. The Labute approximate surface area is 146 Å². The number of ether oxygens (including phenoxy) is 1. The maximum absolute atomic E-state index is 5.82. The number of benzene rings is 1. The number of nitrogens with zero attached hydrogens (tertiary/aromatic N) is 3. The molecule has 0 atom stereocenters. The molecule has 1 aromatic carbocycles. The monoisotopic (exact) mass is 329 g/mol. The molecule has 3 fully saturated rings. The fourth-order valence-corrected chi connectivity index (χ4v) is 4.26. The van der Waals surface area contributed by atoms with Crippen molar-refractivity contribution < 1.29 is 4.74 Å². The van der Waals surface area contributed by atoms with Gasteiger partial charge in [-0.3, -0.25) is 9.80 Å². The van der Waals surface area contributed by atoms with Gasteiger partial charge in [-0.05, 0) is 24.8 Å². The van der Waals surface area contributed by atoms with Crippen molar-refractivity contribution in [2.24, 2.45) is 0 Å². The van der Waals surface area contributed by atoms with E-state index in [1.807, 2.05) is 0 Å². The van der Waals surface area contributed by atoms with E-state index in [4.69, 9.17) is 4.74 Å². The van der Waals surface area contributed by atoms with Gasteiger partial charge in [0.1, 0.15) is 0 Å². The van der Waals surface area contributed by atoms with E-state index in [2.05, 4.69) is 45.0 Å². The first-order valence-corrected chi connectivity index (χ1v) is 9.66. The number of rotatable bonds is 5. The van der Waals surface area contributed by atoms with Gasteiger partial charge in [0.2, 0.25) is 0 Å². The largest absolute Gasteiger partial charge is 0.375 e. The lowest BCUT2D eigenvalue weighted by Crippen LogP contribution is -2.54. The summed E-state index contributed by atoms with van der Waals surface area (Å²) in [4.78, 5) is 7.87. The summed E-state index contributed by atoms with van der Waals surface area (Å²) in [7, 11) is 0. The van der Waals surface area contributed by atoms with Crippen molar-refractivity contribution in [1.29, 1.82) is 0 Å². The van der Waals surface area contributed by atoms with Crippen LogP contribution in [-0.4, -0.2) is 79.3 Å². The standard InChI is InChI=1S/C20H31N3O/c1-2-4-19(5-3-1)18-23-15-13-22(14-16-23)12-11-21-9-6-20(7-10-21)8-17-24-20/h1-5H,6-18H2. The predicted octanol–water partition coefficient (Wildman–Crippen LogP) is 2.06. The Morgan fingerprint density at radius 1 is 0.750 bits per heavy atom. The first-order chi connectivity index (χ1) is 11.8.